The van der Waals surface area contributed by atoms with Gasteiger partial charge in [-0.25, -0.2) is 0 Å². The van der Waals surface area contributed by atoms with Gasteiger partial charge < -0.3 is 5.32 Å². The minimum atomic E-state index is -0.111. The van der Waals surface area contributed by atoms with Crippen molar-refractivity contribution in [3.63, 3.8) is 0 Å². The molecule has 2 N–H and O–H groups in total. The van der Waals surface area contributed by atoms with E-state index in [1.54, 1.807) is 18.0 Å². The first-order valence-corrected chi connectivity index (χ1v) is 8.06. The minimum absolute atomic E-state index is 0.0160. The van der Waals surface area contributed by atoms with Crippen molar-refractivity contribution < 1.29 is 4.79 Å². The van der Waals surface area contributed by atoms with Gasteiger partial charge in [0.1, 0.15) is 0 Å². The molecule has 1 saturated heterocycles. The van der Waals surface area contributed by atoms with Crippen molar-refractivity contribution in [2.75, 3.05) is 16.9 Å². The fraction of sp³-hybridized carbons (Fsp3) is 0.333. The van der Waals surface area contributed by atoms with Crippen LogP contribution in [0, 0.1) is 0 Å². The topological polar surface area (TPSA) is 59.0 Å². The molecule has 1 amide bonds. The summed E-state index contributed by atoms with van der Waals surface area (Å²) in [6.07, 6.45) is 2.47. The zero-order valence-corrected chi connectivity index (χ0v) is 12.7. The van der Waals surface area contributed by atoms with E-state index < -0.39 is 0 Å². The van der Waals surface area contributed by atoms with Gasteiger partial charge in [0.15, 0.2) is 0 Å². The summed E-state index contributed by atoms with van der Waals surface area (Å²) in [6, 6.07) is 10.1. The van der Waals surface area contributed by atoms with Gasteiger partial charge in [0.2, 0.25) is 5.91 Å². The highest BCUT2D eigenvalue weighted by molar-refractivity contribution is 7.99. The average molecular weight is 302 g/mol. The lowest BCUT2D eigenvalue weighted by Gasteiger charge is -2.11. The molecule has 5 nitrogen and oxygen atoms in total. The number of rotatable bonds is 4. The van der Waals surface area contributed by atoms with Crippen LogP contribution >= 0.6 is 11.8 Å². The number of carbonyl (C=O) groups excluding carboxylic acids is 1. The van der Waals surface area contributed by atoms with Crippen molar-refractivity contribution in [1.82, 2.24) is 15.1 Å². The van der Waals surface area contributed by atoms with Gasteiger partial charge in [0.25, 0.3) is 0 Å². The van der Waals surface area contributed by atoms with Crippen LogP contribution in [0.1, 0.15) is 11.3 Å². The summed E-state index contributed by atoms with van der Waals surface area (Å²) in [5.74, 6) is 1.67. The average Bonchev–Trinajstić information content (AvgIpc) is 3.13. The van der Waals surface area contributed by atoms with Gasteiger partial charge in [0, 0.05) is 25.1 Å². The molecular formula is C15H18N4OS. The van der Waals surface area contributed by atoms with E-state index in [2.05, 4.69) is 27.9 Å². The van der Waals surface area contributed by atoms with Crippen molar-refractivity contribution in [2.24, 2.45) is 7.05 Å². The van der Waals surface area contributed by atoms with Crippen LogP contribution < -0.4 is 10.6 Å². The largest absolute Gasteiger partial charge is 0.322 e. The summed E-state index contributed by atoms with van der Waals surface area (Å²) >= 11 is 1.74. The summed E-state index contributed by atoms with van der Waals surface area (Å²) in [5.41, 5.74) is 3.01. The van der Waals surface area contributed by atoms with Crippen LogP contribution in [-0.4, -0.2) is 33.4 Å². The molecule has 0 radical (unpaired) electrons. The predicted octanol–water partition coefficient (Wildman–Crippen LogP) is 1.61. The first-order chi connectivity index (χ1) is 10.2. The Morgan fingerprint density at radius 3 is 3.00 bits per heavy atom. The van der Waals surface area contributed by atoms with E-state index in [-0.39, 0.29) is 11.9 Å². The summed E-state index contributed by atoms with van der Waals surface area (Å²) in [7, 11) is 1.90. The second-order valence-electron chi connectivity index (χ2n) is 5.05. The van der Waals surface area contributed by atoms with Gasteiger partial charge in [-0.2, -0.15) is 5.10 Å². The van der Waals surface area contributed by atoms with Crippen LogP contribution in [-0.2, 0) is 18.3 Å². The van der Waals surface area contributed by atoms with E-state index in [1.165, 1.54) is 5.56 Å². The standard InChI is InChI=1S/C15H18N4OS/c1-19-14(7-11-5-3-2-4-6-11)12(8-17-19)18-15(20)13-9-21-10-16-13/h2-6,8,13,16H,7,9-10H2,1H3,(H,18,20)/t13-/m0/s1. The smallest absolute Gasteiger partial charge is 0.242 e. The Morgan fingerprint density at radius 1 is 1.48 bits per heavy atom. The Hall–Kier alpha value is -1.79. The van der Waals surface area contributed by atoms with Crippen molar-refractivity contribution in [3.8, 4) is 0 Å². The van der Waals surface area contributed by atoms with E-state index in [1.807, 2.05) is 29.9 Å². The molecule has 3 rings (SSSR count). The number of anilines is 1. The highest BCUT2D eigenvalue weighted by Crippen LogP contribution is 2.19. The molecule has 0 bridgehead atoms. The van der Waals surface area contributed by atoms with Crippen molar-refractivity contribution in [3.05, 3.63) is 47.8 Å². The maximum atomic E-state index is 12.2. The lowest BCUT2D eigenvalue weighted by atomic mass is 10.1. The van der Waals surface area contributed by atoms with E-state index in [9.17, 15) is 4.79 Å². The lowest BCUT2D eigenvalue weighted by molar-refractivity contribution is -0.117. The van der Waals surface area contributed by atoms with Gasteiger partial charge in [-0.1, -0.05) is 30.3 Å². The zero-order chi connectivity index (χ0) is 14.7. The second-order valence-corrected chi connectivity index (χ2v) is 6.08. The van der Waals surface area contributed by atoms with Gasteiger partial charge >= 0.3 is 0 Å². The maximum absolute atomic E-state index is 12.2. The van der Waals surface area contributed by atoms with Crippen molar-refractivity contribution in [1.29, 1.82) is 0 Å². The summed E-state index contributed by atoms with van der Waals surface area (Å²) < 4.78 is 1.82. The lowest BCUT2D eigenvalue weighted by Crippen LogP contribution is -2.37. The van der Waals surface area contributed by atoms with Gasteiger partial charge in [-0.3, -0.25) is 14.8 Å². The number of nitrogens with zero attached hydrogens (tertiary/aromatic N) is 2. The predicted molar refractivity (Wildman–Crippen MR) is 85.3 cm³/mol. The molecule has 0 unspecified atom stereocenters. The highest BCUT2D eigenvalue weighted by atomic mass is 32.2. The van der Waals surface area contributed by atoms with E-state index in [0.29, 0.717) is 0 Å². The van der Waals surface area contributed by atoms with Crippen LogP contribution in [0.15, 0.2) is 36.5 Å². The quantitative estimate of drug-likeness (QED) is 0.901. The number of aromatic nitrogens is 2. The molecule has 0 saturated carbocycles. The van der Waals surface area contributed by atoms with Crippen molar-refractivity contribution >= 4 is 23.4 Å². The molecule has 1 aliphatic rings. The third kappa shape index (κ3) is 3.28. The number of carbonyl (C=O) groups is 1. The Bertz CT molecular complexity index is 620. The molecule has 1 aromatic carbocycles. The number of amides is 1. The van der Waals surface area contributed by atoms with Crippen LogP contribution in [0.5, 0.6) is 0 Å². The molecular weight excluding hydrogens is 284 g/mol. The highest BCUT2D eigenvalue weighted by Gasteiger charge is 2.23. The van der Waals surface area contributed by atoms with Crippen LogP contribution in [0.4, 0.5) is 5.69 Å². The van der Waals surface area contributed by atoms with Crippen LogP contribution in [0.25, 0.3) is 0 Å². The number of thioether (sulfide) groups is 1. The number of hydrogen-bond acceptors (Lipinski definition) is 4. The molecule has 0 aliphatic carbocycles. The Morgan fingerprint density at radius 2 is 2.29 bits per heavy atom. The van der Waals surface area contributed by atoms with Gasteiger partial charge in [-0.05, 0) is 5.56 Å². The first kappa shape index (κ1) is 14.2. The Balaban J connectivity index is 1.75. The monoisotopic (exact) mass is 302 g/mol. The number of aryl methyl sites for hydroxylation is 1. The third-order valence-corrected chi connectivity index (χ3v) is 4.51. The molecule has 6 heteroatoms. The fourth-order valence-electron chi connectivity index (χ4n) is 2.35. The van der Waals surface area contributed by atoms with Crippen LogP contribution in [0.3, 0.4) is 0 Å². The summed E-state index contributed by atoms with van der Waals surface area (Å²) in [5, 5.41) is 10.4. The molecule has 1 fully saturated rings. The SMILES string of the molecule is Cn1ncc(NC(=O)[C@@H]2CSCN2)c1Cc1ccccc1. The van der Waals surface area contributed by atoms with E-state index in [4.69, 9.17) is 0 Å². The summed E-state index contributed by atoms with van der Waals surface area (Å²) in [6.45, 7) is 0. The van der Waals surface area contributed by atoms with E-state index in [0.717, 1.165) is 29.4 Å². The molecule has 110 valence electrons. The Kier molecular flexibility index (Phi) is 4.26. The number of benzene rings is 1. The second kappa shape index (κ2) is 6.32. The minimum Gasteiger partial charge on any atom is -0.322 e. The fourth-order valence-corrected chi connectivity index (χ4v) is 3.29. The molecule has 21 heavy (non-hydrogen) atoms. The number of hydrogen-bond donors (Lipinski definition) is 2. The molecule has 1 aromatic heterocycles. The number of nitrogens with one attached hydrogen (secondary N) is 2. The molecule has 0 spiro atoms. The molecule has 2 aromatic rings. The Labute approximate surface area is 128 Å². The third-order valence-electron chi connectivity index (χ3n) is 3.57. The van der Waals surface area contributed by atoms with Crippen LogP contribution in [0.2, 0.25) is 0 Å². The van der Waals surface area contributed by atoms with Gasteiger partial charge in [-0.15, -0.1) is 11.8 Å². The maximum Gasteiger partial charge on any atom is 0.242 e. The zero-order valence-electron chi connectivity index (χ0n) is 11.9. The van der Waals surface area contributed by atoms with Crippen molar-refractivity contribution in [2.45, 2.75) is 12.5 Å². The van der Waals surface area contributed by atoms with Gasteiger partial charge in [0.05, 0.1) is 23.6 Å². The first-order valence-electron chi connectivity index (χ1n) is 6.91. The normalized spacial score (nSPS) is 17.9. The summed E-state index contributed by atoms with van der Waals surface area (Å²) in [4.78, 5) is 12.2. The molecule has 1 aliphatic heterocycles. The molecule has 1 atom stereocenters. The van der Waals surface area contributed by atoms with E-state index >= 15 is 0 Å². The molecule has 2 heterocycles.